The lowest BCUT2D eigenvalue weighted by Gasteiger charge is -2.15. The second-order valence-electron chi connectivity index (χ2n) is 15.5. The number of nitrogens with zero attached hydrogens (tertiary/aromatic N) is 3. The minimum absolute atomic E-state index is 0.597. The SMILES string of the molecule is c1ccc(-c2cccc(-c3nc(-c4ccc(-c5c6ccccc6cc6c5ccc5ccccc56)cc4)nc(-c4cccc(-c5cccc6c5oc5ccccc56)c4)n3)c2)cc1. The summed E-state index contributed by atoms with van der Waals surface area (Å²) in [6.45, 7) is 0. The van der Waals surface area contributed by atoms with Crippen molar-refractivity contribution in [2.75, 3.05) is 0 Å². The molecule has 10 aromatic carbocycles. The van der Waals surface area contributed by atoms with E-state index < -0.39 is 0 Å². The predicted octanol–water partition coefficient (Wildman–Crippen LogP) is 15.2. The van der Waals surface area contributed by atoms with Crippen molar-refractivity contribution >= 4 is 54.3 Å². The highest BCUT2D eigenvalue weighted by Crippen LogP contribution is 2.41. The van der Waals surface area contributed by atoms with Gasteiger partial charge in [0.15, 0.2) is 17.5 Å². The van der Waals surface area contributed by atoms with Crippen molar-refractivity contribution in [3.8, 4) is 67.5 Å². The average molecular weight is 778 g/mol. The molecule has 0 aliphatic heterocycles. The van der Waals surface area contributed by atoms with Gasteiger partial charge in [0.2, 0.25) is 0 Å². The Morgan fingerprint density at radius 3 is 1.62 bits per heavy atom. The van der Waals surface area contributed by atoms with Gasteiger partial charge in [-0.1, -0.05) is 188 Å². The first-order valence-corrected chi connectivity index (χ1v) is 20.6. The Labute approximate surface area is 352 Å². The van der Waals surface area contributed by atoms with E-state index in [1.54, 1.807) is 0 Å². The fraction of sp³-hybridized carbons (Fsp3) is 0. The molecule has 0 amide bonds. The van der Waals surface area contributed by atoms with Crippen molar-refractivity contribution in [2.45, 2.75) is 0 Å². The maximum absolute atomic E-state index is 6.45. The van der Waals surface area contributed by atoms with Crippen LogP contribution < -0.4 is 0 Å². The van der Waals surface area contributed by atoms with E-state index in [-0.39, 0.29) is 0 Å². The van der Waals surface area contributed by atoms with E-state index in [1.165, 1.54) is 37.9 Å². The summed E-state index contributed by atoms with van der Waals surface area (Å²) in [5.41, 5.74) is 11.1. The molecule has 4 nitrogen and oxygen atoms in total. The zero-order valence-electron chi connectivity index (χ0n) is 33.0. The smallest absolute Gasteiger partial charge is 0.164 e. The molecule has 0 bridgehead atoms. The van der Waals surface area contributed by atoms with Gasteiger partial charge in [0.05, 0.1) is 0 Å². The summed E-state index contributed by atoms with van der Waals surface area (Å²) >= 11 is 0. The number of aromatic nitrogens is 3. The number of hydrogen-bond acceptors (Lipinski definition) is 4. The monoisotopic (exact) mass is 777 g/mol. The third-order valence-corrected chi connectivity index (χ3v) is 11.9. The number of fused-ring (bicyclic) bond motifs is 7. The average Bonchev–Trinajstić information content (AvgIpc) is 3.73. The maximum atomic E-state index is 6.45. The molecule has 284 valence electrons. The highest BCUT2D eigenvalue weighted by molar-refractivity contribution is 6.20. The molecular formula is C57H35N3O. The third kappa shape index (κ3) is 6.04. The van der Waals surface area contributed by atoms with Crippen LogP contribution in [0.25, 0.3) is 122 Å². The van der Waals surface area contributed by atoms with E-state index in [4.69, 9.17) is 19.4 Å². The summed E-state index contributed by atoms with van der Waals surface area (Å²) in [6.07, 6.45) is 0. The predicted molar refractivity (Wildman–Crippen MR) is 252 cm³/mol. The van der Waals surface area contributed by atoms with Crippen molar-refractivity contribution < 1.29 is 4.42 Å². The van der Waals surface area contributed by atoms with Crippen molar-refractivity contribution in [2.24, 2.45) is 0 Å². The molecule has 0 N–H and O–H groups in total. The maximum Gasteiger partial charge on any atom is 0.164 e. The Morgan fingerprint density at radius 1 is 0.279 bits per heavy atom. The molecule has 0 atom stereocenters. The minimum atomic E-state index is 0.597. The molecule has 0 aliphatic rings. The van der Waals surface area contributed by atoms with Crippen LogP contribution in [0.5, 0.6) is 0 Å². The molecular weight excluding hydrogens is 743 g/mol. The lowest BCUT2D eigenvalue weighted by molar-refractivity contribution is 0.670. The number of hydrogen-bond donors (Lipinski definition) is 0. The van der Waals surface area contributed by atoms with Gasteiger partial charge in [0.1, 0.15) is 11.2 Å². The fourth-order valence-electron chi connectivity index (χ4n) is 8.95. The van der Waals surface area contributed by atoms with E-state index in [0.29, 0.717) is 17.5 Å². The van der Waals surface area contributed by atoms with Gasteiger partial charge in [0.25, 0.3) is 0 Å². The molecule has 0 unspecified atom stereocenters. The lowest BCUT2D eigenvalue weighted by atomic mass is 9.89. The van der Waals surface area contributed by atoms with E-state index in [9.17, 15) is 0 Å². The molecule has 0 aliphatic carbocycles. The van der Waals surface area contributed by atoms with Crippen molar-refractivity contribution in [1.82, 2.24) is 15.0 Å². The second kappa shape index (κ2) is 14.3. The second-order valence-corrected chi connectivity index (χ2v) is 15.5. The van der Waals surface area contributed by atoms with Gasteiger partial charge in [-0.15, -0.1) is 0 Å². The quantitative estimate of drug-likeness (QED) is 0.125. The standard InChI is InChI=1S/C57H35N3O/c1-2-13-36(14-3-1)40-17-10-19-43(33-40)56-58-55(59-57(60-56)44-20-11-18-41(34-44)47-24-12-25-50-48-23-8-9-26-52(48)61-54(47)50)39-29-27-38(28-30-39)53-46-22-7-5-16-42(46)35-51-45-21-6-4-15-37(45)31-32-49(51)53/h1-35H. The van der Waals surface area contributed by atoms with Gasteiger partial charge < -0.3 is 4.42 Å². The molecule has 0 fully saturated rings. The lowest BCUT2D eigenvalue weighted by Crippen LogP contribution is -2.00. The Morgan fingerprint density at radius 2 is 0.836 bits per heavy atom. The van der Waals surface area contributed by atoms with Crippen molar-refractivity contribution in [1.29, 1.82) is 0 Å². The Hall–Kier alpha value is -8.21. The molecule has 0 spiro atoms. The highest BCUT2D eigenvalue weighted by atomic mass is 16.3. The molecule has 0 radical (unpaired) electrons. The van der Waals surface area contributed by atoms with Crippen LogP contribution in [0.2, 0.25) is 0 Å². The molecule has 0 saturated carbocycles. The first-order valence-electron chi connectivity index (χ1n) is 20.6. The summed E-state index contributed by atoms with van der Waals surface area (Å²) in [7, 11) is 0. The molecule has 4 heteroatoms. The van der Waals surface area contributed by atoms with E-state index in [1.807, 2.05) is 18.2 Å². The van der Waals surface area contributed by atoms with Crippen LogP contribution in [0.1, 0.15) is 0 Å². The van der Waals surface area contributed by atoms with Gasteiger partial charge in [-0.25, -0.2) is 15.0 Å². The normalized spacial score (nSPS) is 11.6. The van der Waals surface area contributed by atoms with Gasteiger partial charge in [0, 0.05) is 33.0 Å². The highest BCUT2D eigenvalue weighted by Gasteiger charge is 2.18. The third-order valence-electron chi connectivity index (χ3n) is 11.9. The first-order chi connectivity index (χ1) is 30.2. The van der Waals surface area contributed by atoms with Crippen LogP contribution in [-0.4, -0.2) is 15.0 Å². The summed E-state index contributed by atoms with van der Waals surface area (Å²) in [5, 5.41) is 9.60. The van der Waals surface area contributed by atoms with Gasteiger partial charge >= 0.3 is 0 Å². The van der Waals surface area contributed by atoms with Crippen LogP contribution in [0.3, 0.4) is 0 Å². The summed E-state index contributed by atoms with van der Waals surface area (Å²) in [4.78, 5) is 15.6. The van der Waals surface area contributed by atoms with Gasteiger partial charge in [-0.05, 0) is 84.4 Å². The molecule has 2 heterocycles. The summed E-state index contributed by atoms with van der Waals surface area (Å²) in [5.74, 6) is 1.81. The summed E-state index contributed by atoms with van der Waals surface area (Å²) < 4.78 is 6.45. The topological polar surface area (TPSA) is 51.8 Å². The number of benzene rings is 10. The Bertz CT molecular complexity index is 3650. The Balaban J connectivity index is 1.01. The zero-order valence-corrected chi connectivity index (χ0v) is 33.0. The molecule has 12 aromatic rings. The van der Waals surface area contributed by atoms with Crippen molar-refractivity contribution in [3.05, 3.63) is 212 Å². The van der Waals surface area contributed by atoms with Crippen LogP contribution in [-0.2, 0) is 0 Å². The number of rotatable bonds is 6. The van der Waals surface area contributed by atoms with Gasteiger partial charge in [-0.3, -0.25) is 0 Å². The number of para-hydroxylation sites is 2. The molecule has 0 saturated heterocycles. The summed E-state index contributed by atoms with van der Waals surface area (Å²) in [6, 6.07) is 74.7. The fourth-order valence-corrected chi connectivity index (χ4v) is 8.95. The van der Waals surface area contributed by atoms with Crippen LogP contribution in [0.15, 0.2) is 217 Å². The van der Waals surface area contributed by atoms with Crippen LogP contribution >= 0.6 is 0 Å². The molecule has 61 heavy (non-hydrogen) atoms. The van der Waals surface area contributed by atoms with Crippen LogP contribution in [0.4, 0.5) is 0 Å². The number of furan rings is 1. The van der Waals surface area contributed by atoms with Gasteiger partial charge in [-0.2, -0.15) is 0 Å². The zero-order chi connectivity index (χ0) is 40.3. The van der Waals surface area contributed by atoms with E-state index in [2.05, 4.69) is 194 Å². The van der Waals surface area contributed by atoms with Crippen LogP contribution in [0, 0.1) is 0 Å². The minimum Gasteiger partial charge on any atom is -0.455 e. The Kier molecular flexibility index (Phi) is 8.13. The van der Waals surface area contributed by atoms with E-state index >= 15 is 0 Å². The largest absolute Gasteiger partial charge is 0.455 e. The van der Waals surface area contributed by atoms with Crippen molar-refractivity contribution in [3.63, 3.8) is 0 Å². The van der Waals surface area contributed by atoms with E-state index in [0.717, 1.165) is 66.4 Å². The molecule has 2 aromatic heterocycles. The first kappa shape index (κ1) is 34.8. The molecule has 12 rings (SSSR count).